The van der Waals surface area contributed by atoms with Gasteiger partial charge in [0, 0.05) is 30.5 Å². The van der Waals surface area contributed by atoms with E-state index >= 15 is 0 Å². The van der Waals surface area contributed by atoms with Crippen molar-refractivity contribution in [1.82, 2.24) is 5.06 Å². The number of piperidine rings is 1. The van der Waals surface area contributed by atoms with Gasteiger partial charge in [-0.15, -0.1) is 0 Å². The molecule has 172 valence electrons. The number of nitrogens with one attached hydrogen (secondary N) is 2. The summed E-state index contributed by atoms with van der Waals surface area (Å²) >= 11 is 0. The lowest BCUT2D eigenvalue weighted by atomic mass is 10.1. The molecular weight excluding hydrogens is 434 g/mol. The minimum Gasteiger partial charge on any atom is -0.487 e. The fourth-order valence-corrected chi connectivity index (χ4v) is 3.14. The maximum Gasteiger partial charge on any atom is 0.416 e. The van der Waals surface area contributed by atoms with Crippen LogP contribution in [-0.2, 0) is 20.6 Å². The molecule has 0 atom stereocenters. The van der Waals surface area contributed by atoms with Crippen LogP contribution in [0.5, 0.6) is 5.75 Å². The van der Waals surface area contributed by atoms with Gasteiger partial charge in [-0.3, -0.25) is 9.59 Å². The van der Waals surface area contributed by atoms with Crippen molar-refractivity contribution in [2.75, 3.05) is 30.8 Å². The molecule has 0 radical (unpaired) electrons. The number of ether oxygens (including phenoxy) is 1. The number of nitrogens with zero attached hydrogens (tertiary/aromatic N) is 1. The standard InChI is InChI=1S/C21H21F4N3O4/c1-31-28-9-7-16(8-10-28)32-18-6-5-15(12-17(18)22)27-20(30)19(29)26-14-4-2-3-13(11-14)21(23,24)25/h2-6,11-12,16H,7-10H2,1H3,(H,26,29)(H,27,30). The second-order valence-electron chi connectivity index (χ2n) is 7.06. The van der Waals surface area contributed by atoms with E-state index in [1.54, 1.807) is 12.2 Å². The molecule has 0 bridgehead atoms. The SMILES string of the molecule is CON1CCC(Oc2ccc(NC(=O)C(=O)Nc3cccc(C(F)(F)F)c3)cc2F)CC1. The van der Waals surface area contributed by atoms with Crippen LogP contribution in [-0.4, -0.2) is 43.2 Å². The monoisotopic (exact) mass is 455 g/mol. The Morgan fingerprint density at radius 2 is 1.62 bits per heavy atom. The molecule has 0 unspecified atom stereocenters. The van der Waals surface area contributed by atoms with Gasteiger partial charge in [0.05, 0.1) is 12.7 Å². The van der Waals surface area contributed by atoms with Crippen LogP contribution in [0.15, 0.2) is 42.5 Å². The number of halogens is 4. The number of hydroxylamine groups is 2. The highest BCUT2D eigenvalue weighted by Gasteiger charge is 2.30. The van der Waals surface area contributed by atoms with E-state index in [0.29, 0.717) is 32.0 Å². The third-order valence-electron chi connectivity index (χ3n) is 4.80. The zero-order valence-electron chi connectivity index (χ0n) is 17.0. The summed E-state index contributed by atoms with van der Waals surface area (Å²) in [6.07, 6.45) is -3.47. The van der Waals surface area contributed by atoms with Crippen molar-refractivity contribution in [3.63, 3.8) is 0 Å². The van der Waals surface area contributed by atoms with Crippen LogP contribution >= 0.6 is 0 Å². The fraction of sp³-hybridized carbons (Fsp3) is 0.333. The van der Waals surface area contributed by atoms with Gasteiger partial charge in [-0.05, 0) is 43.2 Å². The van der Waals surface area contributed by atoms with E-state index in [9.17, 15) is 27.2 Å². The fourth-order valence-electron chi connectivity index (χ4n) is 3.14. The Kier molecular flexibility index (Phi) is 7.31. The Labute approximate surface area is 181 Å². The van der Waals surface area contributed by atoms with Gasteiger partial charge < -0.3 is 20.2 Å². The maximum atomic E-state index is 14.4. The van der Waals surface area contributed by atoms with Crippen LogP contribution in [0.4, 0.5) is 28.9 Å². The molecule has 1 aliphatic heterocycles. The number of anilines is 2. The van der Waals surface area contributed by atoms with Gasteiger partial charge in [-0.2, -0.15) is 18.2 Å². The third kappa shape index (κ3) is 6.17. The number of carbonyl (C=O) groups excluding carboxylic acids is 2. The Morgan fingerprint density at radius 3 is 2.19 bits per heavy atom. The summed E-state index contributed by atoms with van der Waals surface area (Å²) < 4.78 is 58.3. The second-order valence-corrected chi connectivity index (χ2v) is 7.06. The molecule has 0 aromatic heterocycles. The van der Waals surface area contributed by atoms with Crippen molar-refractivity contribution in [2.45, 2.75) is 25.1 Å². The number of amides is 2. The first kappa shape index (κ1) is 23.5. The van der Waals surface area contributed by atoms with E-state index in [0.717, 1.165) is 18.2 Å². The van der Waals surface area contributed by atoms with Gasteiger partial charge in [0.2, 0.25) is 0 Å². The maximum absolute atomic E-state index is 14.4. The van der Waals surface area contributed by atoms with E-state index < -0.39 is 29.4 Å². The molecule has 2 amide bonds. The summed E-state index contributed by atoms with van der Waals surface area (Å²) in [6.45, 7) is 1.30. The predicted octanol–water partition coefficient (Wildman–Crippen LogP) is 3.83. The number of alkyl halides is 3. The topological polar surface area (TPSA) is 79.9 Å². The molecule has 2 aromatic carbocycles. The molecule has 32 heavy (non-hydrogen) atoms. The van der Waals surface area contributed by atoms with Crippen LogP contribution < -0.4 is 15.4 Å². The lowest BCUT2D eigenvalue weighted by Gasteiger charge is -2.30. The molecular formula is C21H21F4N3O4. The van der Waals surface area contributed by atoms with E-state index in [2.05, 4.69) is 10.6 Å². The van der Waals surface area contributed by atoms with Gasteiger partial charge in [0.25, 0.3) is 0 Å². The van der Waals surface area contributed by atoms with E-state index in [4.69, 9.17) is 9.57 Å². The summed E-state index contributed by atoms with van der Waals surface area (Å²) in [6, 6.07) is 7.54. The summed E-state index contributed by atoms with van der Waals surface area (Å²) in [5, 5.41) is 6.06. The minimum absolute atomic E-state index is 0.00626. The van der Waals surface area contributed by atoms with E-state index in [1.165, 1.54) is 18.2 Å². The summed E-state index contributed by atoms with van der Waals surface area (Å²) in [4.78, 5) is 29.2. The van der Waals surface area contributed by atoms with Crippen molar-refractivity contribution in [3.8, 4) is 5.75 Å². The van der Waals surface area contributed by atoms with Crippen molar-refractivity contribution in [1.29, 1.82) is 0 Å². The zero-order valence-corrected chi connectivity index (χ0v) is 17.0. The van der Waals surface area contributed by atoms with E-state index in [-0.39, 0.29) is 23.2 Å². The largest absolute Gasteiger partial charge is 0.487 e. The highest BCUT2D eigenvalue weighted by atomic mass is 19.4. The lowest BCUT2D eigenvalue weighted by Crippen LogP contribution is -2.37. The molecule has 0 aliphatic carbocycles. The van der Waals surface area contributed by atoms with Crippen LogP contribution in [0.2, 0.25) is 0 Å². The first-order chi connectivity index (χ1) is 15.2. The number of carbonyl (C=O) groups is 2. The normalized spacial score (nSPS) is 15.3. The predicted molar refractivity (Wildman–Crippen MR) is 107 cm³/mol. The number of hydrogen-bond acceptors (Lipinski definition) is 5. The molecule has 7 nitrogen and oxygen atoms in total. The van der Waals surface area contributed by atoms with Gasteiger partial charge in [-0.1, -0.05) is 6.07 Å². The van der Waals surface area contributed by atoms with Crippen LogP contribution in [0.25, 0.3) is 0 Å². The van der Waals surface area contributed by atoms with Crippen molar-refractivity contribution in [3.05, 3.63) is 53.8 Å². The second kappa shape index (κ2) is 9.96. The molecule has 2 N–H and O–H groups in total. The van der Waals surface area contributed by atoms with Crippen molar-refractivity contribution < 1.29 is 36.7 Å². The van der Waals surface area contributed by atoms with Gasteiger partial charge in [0.15, 0.2) is 11.6 Å². The zero-order chi connectivity index (χ0) is 23.3. The average molecular weight is 455 g/mol. The summed E-state index contributed by atoms with van der Waals surface area (Å²) in [5.74, 6) is -3.08. The smallest absolute Gasteiger partial charge is 0.416 e. The first-order valence-corrected chi connectivity index (χ1v) is 9.70. The Hall–Kier alpha value is -3.18. The minimum atomic E-state index is -4.59. The molecule has 0 spiro atoms. The number of rotatable bonds is 5. The van der Waals surface area contributed by atoms with Crippen molar-refractivity contribution >= 4 is 23.2 Å². The third-order valence-corrected chi connectivity index (χ3v) is 4.80. The van der Waals surface area contributed by atoms with Crippen LogP contribution in [0.3, 0.4) is 0 Å². The van der Waals surface area contributed by atoms with Crippen LogP contribution in [0, 0.1) is 5.82 Å². The number of benzene rings is 2. The molecule has 11 heteroatoms. The lowest BCUT2D eigenvalue weighted by molar-refractivity contribution is -0.152. The summed E-state index contributed by atoms with van der Waals surface area (Å²) in [7, 11) is 1.58. The molecule has 2 aromatic rings. The molecule has 1 fully saturated rings. The molecule has 1 aliphatic rings. The Bertz CT molecular complexity index is 976. The highest BCUT2D eigenvalue weighted by molar-refractivity contribution is 6.43. The Morgan fingerprint density at radius 1 is 1.00 bits per heavy atom. The Balaban J connectivity index is 1.57. The van der Waals surface area contributed by atoms with Gasteiger partial charge in [-0.25, -0.2) is 4.39 Å². The molecule has 0 saturated carbocycles. The van der Waals surface area contributed by atoms with Gasteiger partial charge >= 0.3 is 18.0 Å². The quantitative estimate of drug-likeness (QED) is 0.529. The van der Waals surface area contributed by atoms with Crippen LogP contribution in [0.1, 0.15) is 18.4 Å². The first-order valence-electron chi connectivity index (χ1n) is 9.70. The number of hydrogen-bond donors (Lipinski definition) is 2. The average Bonchev–Trinajstić information content (AvgIpc) is 2.75. The van der Waals surface area contributed by atoms with Crippen molar-refractivity contribution in [2.24, 2.45) is 0 Å². The summed E-state index contributed by atoms with van der Waals surface area (Å²) in [5.41, 5.74) is -1.18. The molecule has 1 heterocycles. The molecule has 1 saturated heterocycles. The highest BCUT2D eigenvalue weighted by Crippen LogP contribution is 2.30. The molecule has 3 rings (SSSR count). The van der Waals surface area contributed by atoms with E-state index in [1.807, 2.05) is 0 Å². The van der Waals surface area contributed by atoms with Gasteiger partial charge in [0.1, 0.15) is 6.10 Å².